The summed E-state index contributed by atoms with van der Waals surface area (Å²) in [7, 11) is -4.87. The highest BCUT2D eigenvalue weighted by Crippen LogP contribution is 2.33. The Morgan fingerprint density at radius 1 is 0.500 bits per heavy atom. The van der Waals surface area contributed by atoms with Crippen LogP contribution in [-0.4, -0.2) is 66.3 Å². The summed E-state index contributed by atoms with van der Waals surface area (Å²) in [6.07, 6.45) is 7.30. The molecular weight excluding hydrogens is 434 g/mol. The molecule has 0 saturated carbocycles. The van der Waals surface area contributed by atoms with Gasteiger partial charge in [0.15, 0.2) is 0 Å². The van der Waals surface area contributed by atoms with Gasteiger partial charge in [0, 0.05) is 26.4 Å². The summed E-state index contributed by atoms with van der Waals surface area (Å²) >= 11 is 0. The average Bonchev–Trinajstić information content (AvgIpc) is 2.82. The molecular formula is C25H57NO4Si2. The van der Waals surface area contributed by atoms with Crippen molar-refractivity contribution >= 4 is 17.1 Å². The second kappa shape index (κ2) is 18.5. The van der Waals surface area contributed by atoms with E-state index in [1.807, 2.05) is 0 Å². The molecule has 0 aliphatic carbocycles. The molecule has 2 unspecified atom stereocenters. The van der Waals surface area contributed by atoms with Gasteiger partial charge in [-0.15, -0.1) is 0 Å². The molecule has 0 radical (unpaired) electrons. The molecule has 0 heterocycles. The van der Waals surface area contributed by atoms with Crippen molar-refractivity contribution < 1.29 is 17.7 Å². The van der Waals surface area contributed by atoms with E-state index < -0.39 is 17.1 Å². The molecule has 0 rings (SSSR count). The zero-order valence-electron chi connectivity index (χ0n) is 23.1. The van der Waals surface area contributed by atoms with Gasteiger partial charge in [0.25, 0.3) is 0 Å². The maximum absolute atomic E-state index is 6.72. The van der Waals surface area contributed by atoms with E-state index in [-0.39, 0.29) is 0 Å². The molecule has 194 valence electrons. The van der Waals surface area contributed by atoms with Crippen molar-refractivity contribution in [1.82, 2.24) is 4.90 Å². The molecule has 0 aliphatic heterocycles. The molecule has 0 saturated heterocycles. The normalized spacial score (nSPS) is 14.8. The summed E-state index contributed by atoms with van der Waals surface area (Å²) in [5.41, 5.74) is 0.619. The van der Waals surface area contributed by atoms with E-state index in [4.69, 9.17) is 17.7 Å². The third-order valence-corrected chi connectivity index (χ3v) is 14.5. The highest BCUT2D eigenvalue weighted by Gasteiger charge is 2.54. The predicted molar refractivity (Wildman–Crippen MR) is 143 cm³/mol. The van der Waals surface area contributed by atoms with Gasteiger partial charge in [-0.05, 0) is 63.6 Å². The van der Waals surface area contributed by atoms with E-state index in [1.165, 1.54) is 0 Å². The summed E-state index contributed by atoms with van der Waals surface area (Å²) in [5.74, 6) is 0. The zero-order chi connectivity index (χ0) is 24.5. The fourth-order valence-electron chi connectivity index (χ4n) is 4.83. The van der Waals surface area contributed by atoms with Crippen molar-refractivity contribution in [1.29, 1.82) is 0 Å². The van der Waals surface area contributed by atoms with Gasteiger partial charge in [0.05, 0.1) is 11.3 Å². The predicted octanol–water partition coefficient (Wildman–Crippen LogP) is 6.96. The molecule has 0 spiro atoms. The Balaban J connectivity index is 6.43. The Bertz CT molecular complexity index is 390. The highest BCUT2D eigenvalue weighted by atomic mass is 28.4. The van der Waals surface area contributed by atoms with Crippen LogP contribution in [0.5, 0.6) is 0 Å². The Morgan fingerprint density at radius 3 is 1.00 bits per heavy atom. The molecule has 0 aromatic heterocycles. The fraction of sp³-hybridized carbons (Fsp3) is 1.00. The van der Waals surface area contributed by atoms with E-state index in [9.17, 15) is 0 Å². The molecule has 0 fully saturated rings. The minimum absolute atomic E-state index is 0.310. The van der Waals surface area contributed by atoms with Crippen LogP contribution in [0.2, 0.25) is 12.1 Å². The third kappa shape index (κ3) is 9.12. The maximum atomic E-state index is 6.72. The quantitative estimate of drug-likeness (QED) is 0.153. The van der Waals surface area contributed by atoms with Crippen molar-refractivity contribution in [3.63, 3.8) is 0 Å². The van der Waals surface area contributed by atoms with Crippen LogP contribution in [0, 0.1) is 0 Å². The molecule has 32 heavy (non-hydrogen) atoms. The first-order chi connectivity index (χ1) is 15.5. The lowest BCUT2D eigenvalue weighted by atomic mass is 10.3. The summed E-state index contributed by atoms with van der Waals surface area (Å²) in [5, 5.41) is 0. The number of nitrogens with zero attached hydrogens (tertiary/aromatic N) is 1. The summed E-state index contributed by atoms with van der Waals surface area (Å²) in [6.45, 7) is 24.4. The first kappa shape index (κ1) is 32.2. The van der Waals surface area contributed by atoms with Crippen molar-refractivity contribution in [3.8, 4) is 0 Å². The Kier molecular flexibility index (Phi) is 18.7. The van der Waals surface area contributed by atoms with Crippen LogP contribution in [-0.2, 0) is 17.7 Å². The van der Waals surface area contributed by atoms with Crippen LogP contribution in [0.25, 0.3) is 0 Å². The maximum Gasteiger partial charge on any atom is 0.355 e. The Hall–Kier alpha value is 0.234. The molecule has 7 heteroatoms. The van der Waals surface area contributed by atoms with E-state index in [1.54, 1.807) is 0 Å². The van der Waals surface area contributed by atoms with Crippen molar-refractivity contribution in [2.24, 2.45) is 0 Å². The van der Waals surface area contributed by atoms with Gasteiger partial charge >= 0.3 is 17.1 Å². The van der Waals surface area contributed by atoms with Crippen molar-refractivity contribution in [2.45, 2.75) is 131 Å². The largest absolute Gasteiger partial charge is 0.393 e. The molecule has 2 atom stereocenters. The molecule has 0 aromatic rings. The van der Waals surface area contributed by atoms with Gasteiger partial charge in [-0.25, -0.2) is 0 Å². The second-order valence-corrected chi connectivity index (χ2v) is 16.0. The zero-order valence-corrected chi connectivity index (χ0v) is 25.1. The standard InChI is InChI=1S/C25H57NO4Si2/c1-10-19-26(24(15-6)31(17-8,27-20-11-2)28-21-12-3)25(16-7)32(18-9,29-22-13-4)30-23-14-5/h24-25H,10-23H2,1-9H3. The van der Waals surface area contributed by atoms with Crippen LogP contribution in [0.4, 0.5) is 0 Å². The van der Waals surface area contributed by atoms with E-state index in [0.29, 0.717) is 11.3 Å². The smallest absolute Gasteiger partial charge is 0.355 e. The first-order valence-electron chi connectivity index (χ1n) is 13.8. The van der Waals surface area contributed by atoms with Crippen LogP contribution in [0.1, 0.15) is 107 Å². The number of hydrogen-bond donors (Lipinski definition) is 0. The lowest BCUT2D eigenvalue weighted by Crippen LogP contribution is -2.69. The lowest BCUT2D eigenvalue weighted by Gasteiger charge is -2.49. The van der Waals surface area contributed by atoms with Crippen LogP contribution in [0.3, 0.4) is 0 Å². The number of hydrogen-bond acceptors (Lipinski definition) is 5. The van der Waals surface area contributed by atoms with E-state index in [0.717, 1.165) is 90.0 Å². The van der Waals surface area contributed by atoms with Crippen LogP contribution >= 0.6 is 0 Å². The van der Waals surface area contributed by atoms with E-state index >= 15 is 0 Å². The van der Waals surface area contributed by atoms with Crippen molar-refractivity contribution in [3.05, 3.63) is 0 Å². The van der Waals surface area contributed by atoms with Crippen LogP contribution < -0.4 is 0 Å². The fourth-order valence-corrected chi connectivity index (χ4v) is 12.7. The SMILES string of the molecule is CCCO[Si](CC)(OCCC)C(CC)N(CCC)C(CC)[Si](CC)(OCCC)OCCC. The third-order valence-electron chi connectivity index (χ3n) is 6.26. The Labute approximate surface area is 203 Å². The molecule has 0 aliphatic rings. The molecule has 0 amide bonds. The van der Waals surface area contributed by atoms with E-state index in [2.05, 4.69) is 67.2 Å². The van der Waals surface area contributed by atoms with Crippen LogP contribution in [0.15, 0.2) is 0 Å². The molecule has 0 N–H and O–H groups in total. The van der Waals surface area contributed by atoms with Gasteiger partial charge < -0.3 is 17.7 Å². The van der Waals surface area contributed by atoms with Gasteiger partial charge in [-0.3, -0.25) is 4.90 Å². The second-order valence-electron chi connectivity index (χ2n) is 8.81. The monoisotopic (exact) mass is 491 g/mol. The minimum atomic E-state index is -2.44. The molecule has 0 aromatic carbocycles. The topological polar surface area (TPSA) is 40.2 Å². The summed E-state index contributed by atoms with van der Waals surface area (Å²) in [4.78, 5) is 2.74. The Morgan fingerprint density at radius 2 is 0.812 bits per heavy atom. The molecule has 0 bridgehead atoms. The molecule has 5 nitrogen and oxygen atoms in total. The summed E-state index contributed by atoms with van der Waals surface area (Å²) < 4.78 is 26.9. The highest BCUT2D eigenvalue weighted by molar-refractivity contribution is 6.70. The average molecular weight is 492 g/mol. The minimum Gasteiger partial charge on any atom is -0.393 e. The van der Waals surface area contributed by atoms with Gasteiger partial charge in [-0.2, -0.15) is 0 Å². The number of rotatable bonds is 22. The van der Waals surface area contributed by atoms with Gasteiger partial charge in [-0.1, -0.05) is 62.3 Å². The first-order valence-corrected chi connectivity index (χ1v) is 18.0. The lowest BCUT2D eigenvalue weighted by molar-refractivity contribution is 0.0770. The van der Waals surface area contributed by atoms with Gasteiger partial charge in [0.2, 0.25) is 0 Å². The van der Waals surface area contributed by atoms with Gasteiger partial charge in [0.1, 0.15) is 0 Å². The summed E-state index contributed by atoms with van der Waals surface area (Å²) in [6, 6.07) is 1.96. The van der Waals surface area contributed by atoms with Crippen molar-refractivity contribution in [2.75, 3.05) is 33.0 Å².